The number of ether oxygens (including phenoxy) is 1. The number of pyridine rings is 3. The van der Waals surface area contributed by atoms with Crippen LogP contribution in [0.2, 0.25) is 13.1 Å². The van der Waals surface area contributed by atoms with Gasteiger partial charge in [-0.05, 0) is 57.4 Å². The van der Waals surface area contributed by atoms with E-state index in [0.29, 0.717) is 11.5 Å². The zero-order valence-electron chi connectivity index (χ0n) is 24.2. The molecule has 1 aliphatic heterocycles. The molecule has 0 fully saturated rings. The van der Waals surface area contributed by atoms with Crippen LogP contribution >= 0.6 is 11.3 Å². The van der Waals surface area contributed by atoms with E-state index in [2.05, 4.69) is 88.8 Å². The molecular weight excluding hydrogens is 772 g/mol. The SMILES string of the molecule is C[Si]1(C)c2cc(Oc3[c-]c4c(cc3)c3ccccc3n4-c3ccccn3)[c-]c3c2-c2c1ncc1scc(c21)-c1cccnc1-3.[Pt+2]. The Hall–Kier alpha value is -4.42. The van der Waals surface area contributed by atoms with E-state index in [0.717, 1.165) is 44.4 Å². The van der Waals surface area contributed by atoms with Gasteiger partial charge in [-0.1, -0.05) is 60.6 Å². The molecule has 3 aromatic carbocycles. The Morgan fingerprint density at radius 2 is 1.67 bits per heavy atom. The molecule has 5 aromatic heterocycles. The summed E-state index contributed by atoms with van der Waals surface area (Å²) in [7, 11) is -2.14. The van der Waals surface area contributed by atoms with E-state index in [4.69, 9.17) is 14.7 Å². The standard InChI is InChI=1S/C37H22N4OSSi.Pt/c1-44(2)31-18-22(16-26-34(31)35-33-27(25-9-7-15-39-36(25)26)20-43-30(33)19-40-37(35)44)42-21-12-13-24-23-8-3-4-10-28(23)41(29(24)17-21)32-11-5-6-14-38-32;/h3-15,18-20H,1-2H3;/q-2;+2. The normalized spacial score (nSPS) is 13.6. The van der Waals surface area contributed by atoms with Gasteiger partial charge in [-0.15, -0.1) is 45.7 Å². The molecule has 8 heteroatoms. The maximum absolute atomic E-state index is 6.68. The number of hydrogen-bond donors (Lipinski definition) is 0. The molecule has 2 aliphatic rings. The molecule has 1 aliphatic carbocycles. The van der Waals surface area contributed by atoms with Crippen molar-refractivity contribution in [2.75, 3.05) is 0 Å². The Morgan fingerprint density at radius 3 is 2.56 bits per heavy atom. The summed E-state index contributed by atoms with van der Waals surface area (Å²) in [6.07, 6.45) is 5.76. The van der Waals surface area contributed by atoms with Crippen molar-refractivity contribution in [1.29, 1.82) is 0 Å². The van der Waals surface area contributed by atoms with Gasteiger partial charge in [0.15, 0.2) is 0 Å². The molecule has 216 valence electrons. The fraction of sp³-hybridized carbons (Fsp3) is 0.0541. The molecule has 0 atom stereocenters. The molecule has 0 amide bonds. The summed E-state index contributed by atoms with van der Waals surface area (Å²) in [5.74, 6) is 2.14. The van der Waals surface area contributed by atoms with Crippen LogP contribution < -0.4 is 15.2 Å². The number of aromatic nitrogens is 4. The summed E-state index contributed by atoms with van der Waals surface area (Å²) >= 11 is 1.76. The molecule has 0 N–H and O–H groups in total. The maximum Gasteiger partial charge on any atom is 2.00 e. The fourth-order valence-corrected chi connectivity index (χ4v) is 11.0. The van der Waals surface area contributed by atoms with Crippen LogP contribution in [0.15, 0.2) is 96.8 Å². The van der Waals surface area contributed by atoms with Crippen LogP contribution in [0.3, 0.4) is 0 Å². The first kappa shape index (κ1) is 26.9. The van der Waals surface area contributed by atoms with Crippen molar-refractivity contribution in [3.63, 3.8) is 0 Å². The van der Waals surface area contributed by atoms with E-state index < -0.39 is 8.07 Å². The molecule has 0 radical (unpaired) electrons. The van der Waals surface area contributed by atoms with Gasteiger partial charge in [0.05, 0.1) is 4.70 Å². The number of thiophene rings is 1. The average Bonchev–Trinajstić information content (AvgIpc) is 3.67. The van der Waals surface area contributed by atoms with E-state index in [1.54, 1.807) is 11.3 Å². The van der Waals surface area contributed by atoms with Gasteiger partial charge in [-0.25, -0.2) is 4.98 Å². The van der Waals surface area contributed by atoms with Crippen molar-refractivity contribution in [2.24, 2.45) is 0 Å². The Kier molecular flexibility index (Phi) is 5.71. The summed E-state index contributed by atoms with van der Waals surface area (Å²) in [5, 5.41) is 8.36. The van der Waals surface area contributed by atoms with Gasteiger partial charge in [-0.2, -0.15) is 6.07 Å². The number of benzene rings is 3. The molecule has 5 nitrogen and oxygen atoms in total. The van der Waals surface area contributed by atoms with Gasteiger partial charge in [0, 0.05) is 46.3 Å². The summed E-state index contributed by atoms with van der Waals surface area (Å²) in [6.45, 7) is 4.78. The predicted octanol–water partition coefficient (Wildman–Crippen LogP) is 8.02. The third-order valence-electron chi connectivity index (χ3n) is 9.17. The van der Waals surface area contributed by atoms with Crippen LogP contribution in [0.25, 0.3) is 71.2 Å². The predicted molar refractivity (Wildman–Crippen MR) is 180 cm³/mol. The van der Waals surface area contributed by atoms with E-state index in [1.165, 1.54) is 37.3 Å². The van der Waals surface area contributed by atoms with Gasteiger partial charge >= 0.3 is 21.1 Å². The third kappa shape index (κ3) is 3.60. The molecular formula is C37H22N4OPtSSi. The first-order valence-electron chi connectivity index (χ1n) is 14.6. The number of fused-ring (bicyclic) bond motifs is 6. The van der Waals surface area contributed by atoms with Crippen LogP contribution in [0, 0.1) is 12.1 Å². The molecule has 0 spiro atoms. The second-order valence-corrected chi connectivity index (χ2v) is 17.1. The molecule has 0 bridgehead atoms. The minimum Gasteiger partial charge on any atom is -0.503 e. The Labute approximate surface area is 278 Å². The van der Waals surface area contributed by atoms with Crippen molar-refractivity contribution in [3.8, 4) is 50.8 Å². The maximum atomic E-state index is 6.68. The first-order valence-corrected chi connectivity index (χ1v) is 18.5. The van der Waals surface area contributed by atoms with E-state index in [1.807, 2.05) is 42.7 Å². The third-order valence-corrected chi connectivity index (χ3v) is 13.4. The van der Waals surface area contributed by atoms with Crippen LogP contribution in [-0.2, 0) is 21.1 Å². The summed E-state index contributed by atoms with van der Waals surface area (Å²) in [4.78, 5) is 14.7. The smallest absolute Gasteiger partial charge is 0.503 e. The van der Waals surface area contributed by atoms with E-state index >= 15 is 0 Å². The number of nitrogens with zero attached hydrogens (tertiary/aromatic N) is 4. The first-order chi connectivity index (χ1) is 21.6. The van der Waals surface area contributed by atoms with Gasteiger partial charge in [0.25, 0.3) is 0 Å². The molecule has 45 heavy (non-hydrogen) atoms. The topological polar surface area (TPSA) is 52.8 Å². The Morgan fingerprint density at radius 1 is 0.800 bits per heavy atom. The van der Waals surface area contributed by atoms with Gasteiger partial charge < -0.3 is 14.3 Å². The second kappa shape index (κ2) is 9.54. The molecule has 0 unspecified atom stereocenters. The van der Waals surface area contributed by atoms with Crippen LogP contribution in [0.4, 0.5) is 0 Å². The van der Waals surface area contributed by atoms with E-state index in [9.17, 15) is 0 Å². The van der Waals surface area contributed by atoms with E-state index in [-0.39, 0.29) is 21.1 Å². The monoisotopic (exact) mass is 793 g/mol. The molecule has 0 saturated carbocycles. The summed E-state index contributed by atoms with van der Waals surface area (Å²) in [6, 6.07) is 32.2. The molecule has 6 heterocycles. The number of hydrogen-bond acceptors (Lipinski definition) is 5. The zero-order valence-corrected chi connectivity index (χ0v) is 28.2. The Bertz CT molecular complexity index is 2520. The average molecular weight is 794 g/mol. The van der Waals surface area contributed by atoms with Crippen molar-refractivity contribution in [3.05, 3.63) is 109 Å². The van der Waals surface area contributed by atoms with Crippen LogP contribution in [0.1, 0.15) is 0 Å². The van der Waals surface area contributed by atoms with Crippen LogP contribution in [0.5, 0.6) is 11.5 Å². The number of para-hydroxylation sites is 1. The minimum absolute atomic E-state index is 0. The summed E-state index contributed by atoms with van der Waals surface area (Å²) < 4.78 is 10.1. The molecule has 0 saturated heterocycles. The zero-order chi connectivity index (χ0) is 29.2. The van der Waals surface area contributed by atoms with Gasteiger partial charge in [-0.3, -0.25) is 4.98 Å². The second-order valence-electron chi connectivity index (χ2n) is 11.9. The van der Waals surface area contributed by atoms with Crippen molar-refractivity contribution >= 4 is 61.8 Å². The fourth-order valence-electron chi connectivity index (χ4n) is 7.22. The number of rotatable bonds is 3. The van der Waals surface area contributed by atoms with Crippen LogP contribution in [-0.4, -0.2) is 27.6 Å². The minimum atomic E-state index is -2.14. The van der Waals surface area contributed by atoms with Gasteiger partial charge in [0.1, 0.15) is 13.9 Å². The largest absolute Gasteiger partial charge is 2.00 e. The summed E-state index contributed by atoms with van der Waals surface area (Å²) in [5.41, 5.74) is 8.81. The quantitative estimate of drug-likeness (QED) is 0.134. The Balaban J connectivity index is 0.00000281. The van der Waals surface area contributed by atoms with Gasteiger partial charge in [0.2, 0.25) is 0 Å². The molecule has 10 rings (SSSR count). The van der Waals surface area contributed by atoms with Crippen molar-refractivity contribution in [2.45, 2.75) is 13.1 Å². The van der Waals surface area contributed by atoms with Crippen molar-refractivity contribution in [1.82, 2.24) is 19.5 Å². The molecule has 8 aromatic rings. The van der Waals surface area contributed by atoms with Crippen molar-refractivity contribution < 1.29 is 25.8 Å².